The third-order valence-electron chi connectivity index (χ3n) is 6.45. The van der Waals surface area contributed by atoms with Crippen LogP contribution >= 0.6 is 0 Å². The Morgan fingerprint density at radius 1 is 1.06 bits per heavy atom. The molecule has 0 spiro atoms. The number of rotatable bonds is 14. The highest BCUT2D eigenvalue weighted by Gasteiger charge is 2.46. The Morgan fingerprint density at radius 3 is 2.29 bits per heavy atom. The molecule has 2 unspecified atom stereocenters. The fourth-order valence-corrected chi connectivity index (χ4v) is 10.4. The number of ether oxygens (including phenoxy) is 2. The van der Waals surface area contributed by atoms with E-state index in [0.29, 0.717) is 23.2 Å². The first-order chi connectivity index (χ1) is 14.8. The van der Waals surface area contributed by atoms with Crippen molar-refractivity contribution in [3.63, 3.8) is 0 Å². The predicted octanol–water partition coefficient (Wildman–Crippen LogP) is 6.59. The highest BCUT2D eigenvalue weighted by atomic mass is 28.4. The molecule has 1 fully saturated rings. The summed E-state index contributed by atoms with van der Waals surface area (Å²) in [5.41, 5.74) is 2.45. The largest absolute Gasteiger partial charge is 0.409 e. The Morgan fingerprint density at radius 2 is 1.74 bits per heavy atom. The minimum Gasteiger partial charge on any atom is -0.409 e. The van der Waals surface area contributed by atoms with Crippen LogP contribution in [0.3, 0.4) is 0 Å². The standard InChI is InChI=1S/C26H48O4Si/c1-21(2)31(22(3)4,23(5)6)30-25(16-10-12-18-27)24(7)15-9-8-13-19-28-26-17-11-14-20-29-26/h21-23,25-27H,7-8,10-14,16-20H2,1-6H3. The van der Waals surface area contributed by atoms with Crippen molar-refractivity contribution in [1.82, 2.24) is 0 Å². The van der Waals surface area contributed by atoms with Gasteiger partial charge in [0.2, 0.25) is 8.32 Å². The van der Waals surface area contributed by atoms with E-state index in [4.69, 9.17) is 13.9 Å². The Balaban J connectivity index is 2.69. The van der Waals surface area contributed by atoms with Crippen molar-refractivity contribution in [3.05, 3.63) is 12.2 Å². The van der Waals surface area contributed by atoms with Crippen LogP contribution in [0.1, 0.15) is 92.9 Å². The van der Waals surface area contributed by atoms with Crippen molar-refractivity contribution in [2.75, 3.05) is 19.8 Å². The van der Waals surface area contributed by atoms with E-state index in [1.807, 2.05) is 0 Å². The molecule has 31 heavy (non-hydrogen) atoms. The maximum absolute atomic E-state index is 9.23. The van der Waals surface area contributed by atoms with Gasteiger partial charge in [-0.3, -0.25) is 0 Å². The van der Waals surface area contributed by atoms with Gasteiger partial charge in [-0.05, 0) is 61.6 Å². The van der Waals surface area contributed by atoms with Gasteiger partial charge < -0.3 is 19.0 Å². The zero-order valence-corrected chi connectivity index (χ0v) is 22.0. The second-order valence-electron chi connectivity index (χ2n) is 9.74. The van der Waals surface area contributed by atoms with Gasteiger partial charge in [-0.2, -0.15) is 0 Å². The van der Waals surface area contributed by atoms with E-state index < -0.39 is 8.32 Å². The number of aliphatic hydroxyl groups is 1. The summed E-state index contributed by atoms with van der Waals surface area (Å²) in [5, 5.41) is 9.23. The molecule has 1 N–H and O–H groups in total. The SMILES string of the molecule is C=C(C#CCCCOC1CCCCO1)C(CCCCO)O[Si](C(C)C)(C(C)C)C(C)C. The smallest absolute Gasteiger partial charge is 0.201 e. The zero-order chi connectivity index (χ0) is 23.3. The van der Waals surface area contributed by atoms with Gasteiger partial charge in [0, 0.05) is 25.2 Å². The summed E-state index contributed by atoms with van der Waals surface area (Å²) < 4.78 is 18.4. The van der Waals surface area contributed by atoms with Gasteiger partial charge in [-0.25, -0.2) is 0 Å². The monoisotopic (exact) mass is 452 g/mol. The van der Waals surface area contributed by atoms with Crippen LogP contribution in [0.2, 0.25) is 16.6 Å². The van der Waals surface area contributed by atoms with E-state index in [1.54, 1.807) is 0 Å². The lowest BCUT2D eigenvalue weighted by Crippen LogP contribution is -2.50. The molecule has 0 aliphatic carbocycles. The van der Waals surface area contributed by atoms with Gasteiger partial charge >= 0.3 is 0 Å². The molecule has 0 radical (unpaired) electrons. The molecule has 0 aromatic rings. The lowest BCUT2D eigenvalue weighted by molar-refractivity contribution is -0.162. The third kappa shape index (κ3) is 9.40. The van der Waals surface area contributed by atoms with Gasteiger partial charge in [0.05, 0.1) is 12.7 Å². The molecule has 0 saturated carbocycles. The lowest BCUT2D eigenvalue weighted by atomic mass is 10.1. The number of hydrogen-bond acceptors (Lipinski definition) is 4. The van der Waals surface area contributed by atoms with E-state index in [0.717, 1.165) is 57.1 Å². The summed E-state index contributed by atoms with van der Waals surface area (Å²) in [5.74, 6) is 6.57. The van der Waals surface area contributed by atoms with E-state index >= 15 is 0 Å². The summed E-state index contributed by atoms with van der Waals surface area (Å²) in [4.78, 5) is 0. The Kier molecular flexibility index (Phi) is 14.0. The van der Waals surface area contributed by atoms with Crippen LogP contribution in [-0.4, -0.2) is 45.6 Å². The van der Waals surface area contributed by atoms with Gasteiger partial charge in [0.25, 0.3) is 0 Å². The second kappa shape index (κ2) is 15.2. The van der Waals surface area contributed by atoms with E-state index in [2.05, 4.69) is 60.0 Å². The van der Waals surface area contributed by atoms with Gasteiger partial charge in [-0.1, -0.05) is 60.0 Å². The second-order valence-corrected chi connectivity index (χ2v) is 15.1. The molecule has 0 aromatic carbocycles. The van der Waals surface area contributed by atoms with Crippen LogP contribution in [0.25, 0.3) is 0 Å². The lowest BCUT2D eigenvalue weighted by Gasteiger charge is -2.44. The van der Waals surface area contributed by atoms with Crippen molar-refractivity contribution in [1.29, 1.82) is 0 Å². The van der Waals surface area contributed by atoms with Crippen molar-refractivity contribution >= 4 is 8.32 Å². The van der Waals surface area contributed by atoms with Crippen molar-refractivity contribution < 1.29 is 19.0 Å². The normalized spacial score (nSPS) is 18.3. The van der Waals surface area contributed by atoms with Gasteiger partial charge in [0.1, 0.15) is 0 Å². The fraction of sp³-hybridized carbons (Fsp3) is 0.846. The van der Waals surface area contributed by atoms with Crippen LogP contribution in [0.15, 0.2) is 12.2 Å². The van der Waals surface area contributed by atoms with E-state index in [-0.39, 0.29) is 19.0 Å². The summed E-state index contributed by atoms with van der Waals surface area (Å²) in [6, 6.07) is 0. The average molecular weight is 453 g/mol. The third-order valence-corrected chi connectivity index (χ3v) is 12.6. The maximum Gasteiger partial charge on any atom is 0.201 e. The molecule has 1 aliphatic heterocycles. The topological polar surface area (TPSA) is 47.9 Å². The molecule has 5 heteroatoms. The first-order valence-corrected chi connectivity index (χ1v) is 14.6. The first kappa shape index (κ1) is 28.4. The van der Waals surface area contributed by atoms with Crippen LogP contribution in [0, 0.1) is 11.8 Å². The molecular formula is C26H48O4Si. The molecule has 0 aromatic heterocycles. The molecule has 1 aliphatic rings. The van der Waals surface area contributed by atoms with Crippen LogP contribution in [0.4, 0.5) is 0 Å². The fourth-order valence-electron chi connectivity index (χ4n) is 4.87. The molecule has 2 atom stereocenters. The Bertz CT molecular complexity index is 534. The molecule has 0 amide bonds. The van der Waals surface area contributed by atoms with Crippen LogP contribution in [-0.2, 0) is 13.9 Å². The summed E-state index contributed by atoms with van der Waals surface area (Å²) >= 11 is 0. The molecule has 180 valence electrons. The van der Waals surface area contributed by atoms with Gasteiger partial charge in [0.15, 0.2) is 6.29 Å². The summed E-state index contributed by atoms with van der Waals surface area (Å²) in [7, 11) is -2.02. The average Bonchev–Trinajstić information content (AvgIpc) is 2.72. The zero-order valence-electron chi connectivity index (χ0n) is 21.0. The molecular weight excluding hydrogens is 404 g/mol. The van der Waals surface area contributed by atoms with Crippen molar-refractivity contribution in [2.24, 2.45) is 0 Å². The number of unbranched alkanes of at least 4 members (excludes halogenated alkanes) is 2. The highest BCUT2D eigenvalue weighted by Crippen LogP contribution is 2.44. The van der Waals surface area contributed by atoms with Crippen molar-refractivity contribution in [2.45, 2.75) is 122 Å². The van der Waals surface area contributed by atoms with Crippen LogP contribution in [0.5, 0.6) is 0 Å². The first-order valence-electron chi connectivity index (χ1n) is 12.4. The molecule has 1 saturated heterocycles. The number of hydrogen-bond donors (Lipinski definition) is 1. The molecule has 0 bridgehead atoms. The summed E-state index contributed by atoms with van der Waals surface area (Å²) in [6.45, 7) is 19.9. The van der Waals surface area contributed by atoms with E-state index in [1.165, 1.54) is 6.42 Å². The van der Waals surface area contributed by atoms with Crippen LogP contribution < -0.4 is 0 Å². The minimum absolute atomic E-state index is 0.0258. The Hall–Kier alpha value is -0.643. The maximum atomic E-state index is 9.23. The molecule has 1 rings (SSSR count). The van der Waals surface area contributed by atoms with Crippen molar-refractivity contribution in [3.8, 4) is 11.8 Å². The number of aliphatic hydroxyl groups excluding tert-OH is 1. The van der Waals surface area contributed by atoms with E-state index in [9.17, 15) is 5.11 Å². The summed E-state index contributed by atoms with van der Waals surface area (Å²) in [6.07, 6.45) is 7.54. The molecule has 1 heterocycles. The Labute approximate surface area is 193 Å². The predicted molar refractivity (Wildman–Crippen MR) is 133 cm³/mol. The van der Waals surface area contributed by atoms with Gasteiger partial charge in [-0.15, -0.1) is 0 Å². The quantitative estimate of drug-likeness (QED) is 0.183. The molecule has 4 nitrogen and oxygen atoms in total. The highest BCUT2D eigenvalue weighted by molar-refractivity contribution is 6.77. The minimum atomic E-state index is -2.02.